The van der Waals surface area contributed by atoms with Crippen LogP contribution in [-0.4, -0.2) is 45.9 Å². The van der Waals surface area contributed by atoms with Crippen LogP contribution in [-0.2, 0) is 7.05 Å². The van der Waals surface area contributed by atoms with E-state index in [0.717, 1.165) is 16.3 Å². The molecule has 0 aliphatic heterocycles. The van der Waals surface area contributed by atoms with Gasteiger partial charge in [0.1, 0.15) is 11.4 Å². The van der Waals surface area contributed by atoms with Crippen molar-refractivity contribution in [1.29, 1.82) is 0 Å². The first-order valence-electron chi connectivity index (χ1n) is 11.5. The van der Waals surface area contributed by atoms with E-state index in [0.29, 0.717) is 24.4 Å². The van der Waals surface area contributed by atoms with Gasteiger partial charge in [-0.25, -0.2) is 0 Å². The molecule has 6 heteroatoms. The second kappa shape index (κ2) is 10.3. The molecule has 2 heterocycles. The molecule has 6 nitrogen and oxygen atoms in total. The molecule has 2 atom stereocenters. The summed E-state index contributed by atoms with van der Waals surface area (Å²) < 4.78 is 1.79. The summed E-state index contributed by atoms with van der Waals surface area (Å²) in [4.78, 5) is 32.2. The molecule has 1 N–H and O–H groups in total. The van der Waals surface area contributed by atoms with Crippen LogP contribution >= 0.6 is 0 Å². The highest BCUT2D eigenvalue weighted by Crippen LogP contribution is 2.26. The number of rotatable bonds is 8. The number of hydrogen-bond acceptors (Lipinski definition) is 3. The fourth-order valence-corrected chi connectivity index (χ4v) is 4.41. The Hall–Kier alpha value is -3.93. The van der Waals surface area contributed by atoms with E-state index in [1.54, 1.807) is 21.7 Å². The van der Waals surface area contributed by atoms with Crippen LogP contribution in [0, 0.1) is 0 Å². The Morgan fingerprint density at radius 1 is 1.00 bits per heavy atom. The Labute approximate surface area is 200 Å². The highest BCUT2D eigenvalue weighted by atomic mass is 16.2. The van der Waals surface area contributed by atoms with Crippen LogP contribution in [0.5, 0.6) is 0 Å². The van der Waals surface area contributed by atoms with Crippen LogP contribution in [0.4, 0.5) is 0 Å². The lowest BCUT2D eigenvalue weighted by molar-refractivity contribution is 0.0696. The molecule has 4 rings (SSSR count). The Kier molecular flexibility index (Phi) is 7.07. The molecule has 0 saturated heterocycles. The first-order chi connectivity index (χ1) is 16.5. The molecule has 2 unspecified atom stereocenters. The number of hydrogen-bond donors (Lipinski definition) is 1. The molecule has 0 aliphatic rings. The Morgan fingerprint density at radius 3 is 2.41 bits per heavy atom. The Bertz CT molecular complexity index is 1280. The van der Waals surface area contributed by atoms with Gasteiger partial charge in [-0.1, -0.05) is 61.5 Å². The summed E-state index contributed by atoms with van der Waals surface area (Å²) in [6, 6.07) is 23.4. The van der Waals surface area contributed by atoms with E-state index in [4.69, 9.17) is 0 Å². The van der Waals surface area contributed by atoms with Crippen molar-refractivity contribution in [3.63, 3.8) is 0 Å². The van der Waals surface area contributed by atoms with Gasteiger partial charge >= 0.3 is 0 Å². The predicted octanol–water partition coefficient (Wildman–Crippen LogP) is 4.64. The number of nitrogens with zero attached hydrogens (tertiary/aromatic N) is 3. The third-order valence-corrected chi connectivity index (χ3v) is 6.47. The number of amides is 2. The molecule has 0 radical (unpaired) electrons. The molecule has 0 saturated carbocycles. The summed E-state index contributed by atoms with van der Waals surface area (Å²) in [5.41, 5.74) is 2.17. The normalized spacial score (nSPS) is 12.8. The number of aryl methyl sites for hydroxylation is 1. The van der Waals surface area contributed by atoms with Gasteiger partial charge in [-0.05, 0) is 35.6 Å². The zero-order valence-electron chi connectivity index (χ0n) is 19.8. The van der Waals surface area contributed by atoms with E-state index in [1.165, 1.54) is 0 Å². The maximum absolute atomic E-state index is 13.5. The maximum Gasteiger partial charge on any atom is 0.272 e. The van der Waals surface area contributed by atoms with Crippen molar-refractivity contribution in [2.45, 2.75) is 25.3 Å². The van der Waals surface area contributed by atoms with E-state index in [-0.39, 0.29) is 23.8 Å². The highest BCUT2D eigenvalue weighted by molar-refractivity contribution is 5.96. The molecule has 0 bridgehead atoms. The van der Waals surface area contributed by atoms with Gasteiger partial charge in [0.25, 0.3) is 11.8 Å². The fraction of sp³-hybridized carbons (Fsp3) is 0.250. The number of carbonyl (C=O) groups is 2. The quantitative estimate of drug-likeness (QED) is 0.422. The predicted molar refractivity (Wildman–Crippen MR) is 135 cm³/mol. The van der Waals surface area contributed by atoms with Crippen LogP contribution in [0.1, 0.15) is 45.8 Å². The lowest BCUT2D eigenvalue weighted by atomic mass is 9.90. The van der Waals surface area contributed by atoms with E-state index < -0.39 is 0 Å². The van der Waals surface area contributed by atoms with E-state index in [1.807, 2.05) is 74.9 Å². The van der Waals surface area contributed by atoms with Crippen molar-refractivity contribution in [3.05, 3.63) is 102 Å². The first-order valence-corrected chi connectivity index (χ1v) is 11.5. The molecular weight excluding hydrogens is 424 g/mol. The molecule has 0 fully saturated rings. The molecule has 0 aliphatic carbocycles. The lowest BCUT2D eigenvalue weighted by Gasteiger charge is -2.33. The molecule has 2 aromatic heterocycles. The van der Waals surface area contributed by atoms with Crippen LogP contribution in [0.25, 0.3) is 10.8 Å². The summed E-state index contributed by atoms with van der Waals surface area (Å²) in [6.07, 6.45) is 4.20. The summed E-state index contributed by atoms with van der Waals surface area (Å²) in [5, 5.41) is 4.99. The minimum atomic E-state index is -0.132. The first kappa shape index (κ1) is 23.2. The van der Waals surface area contributed by atoms with Crippen molar-refractivity contribution in [3.8, 4) is 0 Å². The summed E-state index contributed by atoms with van der Waals surface area (Å²) in [7, 11) is 3.67. The van der Waals surface area contributed by atoms with Crippen molar-refractivity contribution in [1.82, 2.24) is 19.8 Å². The van der Waals surface area contributed by atoms with Crippen LogP contribution in [0.15, 0.2) is 85.2 Å². The van der Waals surface area contributed by atoms with E-state index in [2.05, 4.69) is 29.4 Å². The number of carbonyl (C=O) groups excluding carboxylic acids is 2. The second-order valence-electron chi connectivity index (χ2n) is 8.65. The number of likely N-dealkylation sites (N-methyl/N-ethyl adjacent to an activating group) is 1. The van der Waals surface area contributed by atoms with Gasteiger partial charge in [-0.2, -0.15) is 0 Å². The van der Waals surface area contributed by atoms with Gasteiger partial charge in [-0.3, -0.25) is 14.6 Å². The van der Waals surface area contributed by atoms with Crippen molar-refractivity contribution >= 4 is 22.6 Å². The fourth-order valence-electron chi connectivity index (χ4n) is 4.41. The standard InChI is InChI=1S/C28H30N4O2/c1-20(21-10-5-4-6-11-21)25(15-16-29-27(33)26-14-9-17-31(26)2)32(3)28(34)24-18-22-12-7-8-13-23(22)19-30-24/h4-14,17-20,25H,15-16H2,1-3H3,(H,29,33). The van der Waals surface area contributed by atoms with Crippen LogP contribution in [0.3, 0.4) is 0 Å². The maximum atomic E-state index is 13.5. The summed E-state index contributed by atoms with van der Waals surface area (Å²) >= 11 is 0. The number of fused-ring (bicyclic) bond motifs is 1. The van der Waals surface area contributed by atoms with E-state index in [9.17, 15) is 9.59 Å². The SMILES string of the molecule is CC(c1ccccc1)C(CCNC(=O)c1cccn1C)N(C)C(=O)c1cc2ccccc2cn1. The van der Waals surface area contributed by atoms with Gasteiger partial charge in [0.15, 0.2) is 0 Å². The third-order valence-electron chi connectivity index (χ3n) is 6.47. The number of pyridine rings is 1. The summed E-state index contributed by atoms with van der Waals surface area (Å²) in [5.74, 6) is -0.182. The lowest BCUT2D eigenvalue weighted by Crippen LogP contribution is -2.43. The highest BCUT2D eigenvalue weighted by Gasteiger charge is 2.28. The number of benzene rings is 2. The molecular formula is C28H30N4O2. The molecule has 2 aromatic carbocycles. The monoisotopic (exact) mass is 454 g/mol. The van der Waals surface area contributed by atoms with E-state index >= 15 is 0 Å². The topological polar surface area (TPSA) is 67.2 Å². The van der Waals surface area contributed by atoms with Crippen LogP contribution < -0.4 is 5.32 Å². The minimum absolute atomic E-state index is 0.0718. The van der Waals surface area contributed by atoms with Gasteiger partial charge < -0.3 is 14.8 Å². The smallest absolute Gasteiger partial charge is 0.272 e. The van der Waals surface area contributed by atoms with Gasteiger partial charge in [0.2, 0.25) is 0 Å². The summed E-state index contributed by atoms with van der Waals surface area (Å²) in [6.45, 7) is 2.57. The zero-order valence-corrected chi connectivity index (χ0v) is 19.8. The van der Waals surface area contributed by atoms with Gasteiger partial charge in [0, 0.05) is 50.4 Å². The third kappa shape index (κ3) is 5.01. The molecule has 174 valence electrons. The van der Waals surface area contributed by atoms with Gasteiger partial charge in [0.05, 0.1) is 0 Å². The van der Waals surface area contributed by atoms with Gasteiger partial charge in [-0.15, -0.1) is 0 Å². The minimum Gasteiger partial charge on any atom is -0.351 e. The molecule has 0 spiro atoms. The second-order valence-corrected chi connectivity index (χ2v) is 8.65. The van der Waals surface area contributed by atoms with Crippen LogP contribution in [0.2, 0.25) is 0 Å². The molecule has 34 heavy (non-hydrogen) atoms. The molecule has 2 amide bonds. The van der Waals surface area contributed by atoms with Crippen molar-refractivity contribution < 1.29 is 9.59 Å². The number of nitrogens with one attached hydrogen (secondary N) is 1. The zero-order chi connectivity index (χ0) is 24.1. The largest absolute Gasteiger partial charge is 0.351 e. The Morgan fingerprint density at radius 2 is 1.71 bits per heavy atom. The average molecular weight is 455 g/mol. The van der Waals surface area contributed by atoms with Crippen molar-refractivity contribution in [2.75, 3.05) is 13.6 Å². The van der Waals surface area contributed by atoms with Crippen molar-refractivity contribution in [2.24, 2.45) is 7.05 Å². The number of aromatic nitrogens is 2. The average Bonchev–Trinajstić information content (AvgIpc) is 3.31. The molecule has 4 aromatic rings. The Balaban J connectivity index is 1.54.